The molecule has 0 amide bonds. The third-order valence-corrected chi connectivity index (χ3v) is 4.49. The summed E-state index contributed by atoms with van der Waals surface area (Å²) in [5.41, 5.74) is 3.26. The zero-order valence-electron chi connectivity index (χ0n) is 13.7. The van der Waals surface area contributed by atoms with Crippen LogP contribution in [-0.4, -0.2) is 22.6 Å². The van der Waals surface area contributed by atoms with Crippen molar-refractivity contribution in [1.29, 1.82) is 0 Å². The largest absolute Gasteiger partial charge is 0.504 e. The summed E-state index contributed by atoms with van der Waals surface area (Å²) < 4.78 is 7.17. The second-order valence-corrected chi connectivity index (χ2v) is 5.97. The molecule has 2 heterocycles. The van der Waals surface area contributed by atoms with Crippen molar-refractivity contribution in [2.45, 2.75) is 6.04 Å². The quantitative estimate of drug-likeness (QED) is 0.736. The molecule has 1 aliphatic heterocycles. The predicted octanol–water partition coefficient (Wildman–Crippen LogP) is 4.07. The maximum atomic E-state index is 12.9. The third kappa shape index (κ3) is 2.52. The number of Topliss-reactive ketones (excluding diaryl/α,β-unsaturated/α-hetero) is 1. The first kappa shape index (κ1) is 15.3. The predicted molar refractivity (Wildman–Crippen MR) is 96.0 cm³/mol. The Morgan fingerprint density at radius 2 is 1.88 bits per heavy atom. The molecule has 0 radical (unpaired) electrons. The summed E-state index contributed by atoms with van der Waals surface area (Å²) in [5.74, 6) is 0.481. The number of phenols is 1. The molecule has 0 spiro atoms. The molecule has 3 aromatic rings. The number of phenolic OH excluding ortho intramolecular Hbond substituents is 1. The molecule has 1 atom stereocenters. The first-order valence-electron chi connectivity index (χ1n) is 8.04. The van der Waals surface area contributed by atoms with Crippen LogP contribution < -0.4 is 4.74 Å². The standard InChI is InChI=1S/C21H17NO3/c1-25-19-13-14(9-10-18(19)23)12-16-20(15-6-3-2-4-7-15)22-11-5-8-17(22)21(16)24/h2-13,20,23H,1H3/b16-12+. The highest BCUT2D eigenvalue weighted by molar-refractivity contribution is 6.14. The van der Waals surface area contributed by atoms with Crippen molar-refractivity contribution in [3.63, 3.8) is 0 Å². The number of hydrogen-bond acceptors (Lipinski definition) is 3. The second kappa shape index (κ2) is 5.98. The van der Waals surface area contributed by atoms with Crippen LogP contribution in [0.15, 0.2) is 72.4 Å². The van der Waals surface area contributed by atoms with Crippen LogP contribution in [0.25, 0.3) is 6.08 Å². The lowest BCUT2D eigenvalue weighted by molar-refractivity contribution is 0.103. The highest BCUT2D eigenvalue weighted by Crippen LogP contribution is 2.38. The molecule has 0 bridgehead atoms. The molecular formula is C21H17NO3. The van der Waals surface area contributed by atoms with Gasteiger partial charge in [-0.2, -0.15) is 0 Å². The van der Waals surface area contributed by atoms with Gasteiger partial charge < -0.3 is 14.4 Å². The zero-order chi connectivity index (χ0) is 17.4. The number of aromatic nitrogens is 1. The number of carbonyl (C=O) groups is 1. The van der Waals surface area contributed by atoms with E-state index >= 15 is 0 Å². The van der Waals surface area contributed by atoms with E-state index in [0.717, 1.165) is 11.1 Å². The van der Waals surface area contributed by atoms with Crippen molar-refractivity contribution in [1.82, 2.24) is 4.57 Å². The number of fused-ring (bicyclic) bond motifs is 1. The number of methoxy groups -OCH3 is 1. The van der Waals surface area contributed by atoms with Gasteiger partial charge in [0.15, 0.2) is 11.5 Å². The van der Waals surface area contributed by atoms with Gasteiger partial charge in [-0.15, -0.1) is 0 Å². The Hall–Kier alpha value is -3.27. The summed E-state index contributed by atoms with van der Waals surface area (Å²) in [5, 5.41) is 9.77. The first-order chi connectivity index (χ1) is 12.2. The van der Waals surface area contributed by atoms with Crippen molar-refractivity contribution >= 4 is 11.9 Å². The molecule has 1 unspecified atom stereocenters. The number of benzene rings is 2. The number of carbonyl (C=O) groups excluding carboxylic acids is 1. The highest BCUT2D eigenvalue weighted by atomic mass is 16.5. The summed E-state index contributed by atoms with van der Waals surface area (Å²) in [6.07, 6.45) is 3.80. The van der Waals surface area contributed by atoms with Gasteiger partial charge in [-0.25, -0.2) is 0 Å². The van der Waals surface area contributed by atoms with Crippen molar-refractivity contribution in [2.75, 3.05) is 7.11 Å². The molecule has 124 valence electrons. The summed E-state index contributed by atoms with van der Waals surface area (Å²) in [6, 6.07) is 18.6. The fraction of sp³-hybridized carbons (Fsp3) is 0.0952. The molecule has 0 saturated carbocycles. The van der Waals surface area contributed by atoms with Crippen LogP contribution >= 0.6 is 0 Å². The molecule has 25 heavy (non-hydrogen) atoms. The van der Waals surface area contributed by atoms with Crippen LogP contribution in [0.2, 0.25) is 0 Å². The molecule has 1 aliphatic rings. The van der Waals surface area contributed by atoms with Crippen molar-refractivity contribution < 1.29 is 14.6 Å². The Kier molecular flexibility index (Phi) is 3.65. The SMILES string of the molecule is COc1cc(/C=C2/C(=O)c3cccn3C2c2ccccc2)ccc1O. The maximum absolute atomic E-state index is 12.9. The Labute approximate surface area is 145 Å². The average molecular weight is 331 g/mol. The average Bonchev–Trinajstić information content (AvgIpc) is 3.20. The summed E-state index contributed by atoms with van der Waals surface area (Å²) >= 11 is 0. The molecule has 4 heteroatoms. The Bertz CT molecular complexity index is 970. The summed E-state index contributed by atoms with van der Waals surface area (Å²) in [4.78, 5) is 12.9. The molecule has 4 rings (SSSR count). The lowest BCUT2D eigenvalue weighted by Gasteiger charge is -2.15. The van der Waals surface area contributed by atoms with E-state index < -0.39 is 0 Å². The van der Waals surface area contributed by atoms with E-state index in [9.17, 15) is 9.90 Å². The zero-order valence-corrected chi connectivity index (χ0v) is 13.7. The fourth-order valence-electron chi connectivity index (χ4n) is 3.32. The minimum atomic E-state index is -0.154. The Morgan fingerprint density at radius 1 is 1.08 bits per heavy atom. The van der Waals surface area contributed by atoms with E-state index in [1.165, 1.54) is 7.11 Å². The molecular weight excluding hydrogens is 314 g/mol. The Balaban J connectivity index is 1.85. The van der Waals surface area contributed by atoms with Gasteiger partial charge in [-0.3, -0.25) is 4.79 Å². The van der Waals surface area contributed by atoms with E-state index in [2.05, 4.69) is 0 Å². The number of allylic oxidation sites excluding steroid dienone is 1. The molecule has 1 N–H and O–H groups in total. The van der Waals surface area contributed by atoms with Gasteiger partial charge in [0.2, 0.25) is 5.78 Å². The van der Waals surface area contributed by atoms with Crippen LogP contribution in [0.5, 0.6) is 11.5 Å². The van der Waals surface area contributed by atoms with Gasteiger partial charge in [0.25, 0.3) is 0 Å². The first-order valence-corrected chi connectivity index (χ1v) is 8.04. The van der Waals surface area contributed by atoms with Crippen molar-refractivity contribution in [3.8, 4) is 11.5 Å². The number of rotatable bonds is 3. The maximum Gasteiger partial charge on any atom is 0.207 e. The van der Waals surface area contributed by atoms with Crippen LogP contribution in [-0.2, 0) is 0 Å². The molecule has 2 aromatic carbocycles. The van der Waals surface area contributed by atoms with Crippen LogP contribution in [0.4, 0.5) is 0 Å². The number of aromatic hydroxyl groups is 1. The molecule has 0 aliphatic carbocycles. The smallest absolute Gasteiger partial charge is 0.207 e. The third-order valence-electron chi connectivity index (χ3n) is 4.49. The number of hydrogen-bond donors (Lipinski definition) is 1. The van der Waals surface area contributed by atoms with Crippen molar-refractivity contribution in [2.24, 2.45) is 0 Å². The minimum Gasteiger partial charge on any atom is -0.504 e. The van der Waals surface area contributed by atoms with E-state index in [4.69, 9.17) is 4.74 Å². The lowest BCUT2D eigenvalue weighted by Crippen LogP contribution is -2.07. The van der Waals surface area contributed by atoms with Crippen molar-refractivity contribution in [3.05, 3.63) is 89.3 Å². The minimum absolute atomic E-state index is 0.0193. The molecule has 4 nitrogen and oxygen atoms in total. The van der Waals surface area contributed by atoms with Crippen LogP contribution in [0.1, 0.15) is 27.7 Å². The highest BCUT2D eigenvalue weighted by Gasteiger charge is 2.34. The molecule has 0 fully saturated rings. The van der Waals surface area contributed by atoms with Gasteiger partial charge in [0.1, 0.15) is 0 Å². The number of nitrogens with zero attached hydrogens (tertiary/aromatic N) is 1. The normalized spacial score (nSPS) is 17.7. The number of ether oxygens (including phenoxy) is 1. The van der Waals surface area contributed by atoms with Crippen LogP contribution in [0.3, 0.4) is 0 Å². The van der Waals surface area contributed by atoms with E-state index in [-0.39, 0.29) is 17.6 Å². The Morgan fingerprint density at radius 3 is 2.64 bits per heavy atom. The van der Waals surface area contributed by atoms with Gasteiger partial charge in [-0.05, 0) is 41.5 Å². The summed E-state index contributed by atoms with van der Waals surface area (Å²) in [7, 11) is 1.51. The summed E-state index contributed by atoms with van der Waals surface area (Å²) in [6.45, 7) is 0. The second-order valence-electron chi connectivity index (χ2n) is 5.97. The van der Waals surface area contributed by atoms with Gasteiger partial charge in [-0.1, -0.05) is 36.4 Å². The van der Waals surface area contributed by atoms with E-state index in [1.807, 2.05) is 59.3 Å². The van der Waals surface area contributed by atoms with Gasteiger partial charge in [0, 0.05) is 11.8 Å². The monoisotopic (exact) mass is 331 g/mol. The number of ketones is 1. The van der Waals surface area contributed by atoms with E-state index in [0.29, 0.717) is 17.0 Å². The van der Waals surface area contributed by atoms with E-state index in [1.54, 1.807) is 18.2 Å². The topological polar surface area (TPSA) is 51.5 Å². The molecule has 1 aromatic heterocycles. The molecule has 0 saturated heterocycles. The van der Waals surface area contributed by atoms with Crippen LogP contribution in [0, 0.1) is 0 Å². The lowest BCUT2D eigenvalue weighted by atomic mass is 9.96. The van der Waals surface area contributed by atoms with Gasteiger partial charge >= 0.3 is 0 Å². The van der Waals surface area contributed by atoms with Gasteiger partial charge in [0.05, 0.1) is 18.8 Å². The fourth-order valence-corrected chi connectivity index (χ4v) is 3.32.